The Balaban J connectivity index is 1.56. The van der Waals surface area contributed by atoms with Crippen LogP contribution in [-0.4, -0.2) is 62.9 Å². The average molecular weight is 389 g/mol. The molecule has 1 aliphatic heterocycles. The van der Waals surface area contributed by atoms with Gasteiger partial charge < -0.3 is 20.1 Å². The number of nitrogens with zero attached hydrogens (tertiary/aromatic N) is 2. The molecular weight excluding hydrogens is 352 g/mol. The lowest BCUT2D eigenvalue weighted by Gasteiger charge is -2.26. The molecule has 0 bridgehead atoms. The number of aryl methyl sites for hydroxylation is 1. The van der Waals surface area contributed by atoms with Crippen LogP contribution in [0.4, 0.5) is 0 Å². The molecule has 0 unspecified atom stereocenters. The quantitative estimate of drug-likeness (QED) is 0.530. The van der Waals surface area contributed by atoms with Crippen LogP contribution in [0.3, 0.4) is 0 Å². The minimum absolute atomic E-state index is 0.365. The van der Waals surface area contributed by atoms with Crippen molar-refractivity contribution in [3.05, 3.63) is 29.3 Å². The molecule has 6 nitrogen and oxygen atoms in total. The van der Waals surface area contributed by atoms with Crippen LogP contribution in [0, 0.1) is 6.92 Å². The van der Waals surface area contributed by atoms with Crippen molar-refractivity contribution >= 4 is 5.96 Å². The predicted molar refractivity (Wildman–Crippen MR) is 114 cm³/mol. The fourth-order valence-corrected chi connectivity index (χ4v) is 3.75. The van der Waals surface area contributed by atoms with Gasteiger partial charge in [-0.1, -0.05) is 12.1 Å². The predicted octanol–water partition coefficient (Wildman–Crippen LogP) is 2.70. The number of hydrogen-bond donors (Lipinski definition) is 2. The fraction of sp³-hybridized carbons (Fsp3) is 0.682. The Bertz CT molecular complexity index is 623. The van der Waals surface area contributed by atoms with Crippen molar-refractivity contribution in [3.8, 4) is 5.75 Å². The van der Waals surface area contributed by atoms with Gasteiger partial charge in [-0.3, -0.25) is 4.90 Å². The zero-order chi connectivity index (χ0) is 19.6. The van der Waals surface area contributed by atoms with E-state index in [0.29, 0.717) is 12.6 Å². The Morgan fingerprint density at radius 3 is 2.75 bits per heavy atom. The van der Waals surface area contributed by atoms with E-state index in [9.17, 15) is 0 Å². The van der Waals surface area contributed by atoms with E-state index >= 15 is 0 Å². The van der Waals surface area contributed by atoms with E-state index in [0.717, 1.165) is 63.2 Å². The van der Waals surface area contributed by atoms with Crippen LogP contribution in [0.15, 0.2) is 23.2 Å². The molecule has 2 aliphatic rings. The molecule has 6 heteroatoms. The molecule has 0 atom stereocenters. The van der Waals surface area contributed by atoms with E-state index < -0.39 is 0 Å². The molecule has 1 saturated heterocycles. The first-order valence-electron chi connectivity index (χ1n) is 10.8. The van der Waals surface area contributed by atoms with E-state index in [1.165, 1.54) is 31.2 Å². The van der Waals surface area contributed by atoms with E-state index in [1.54, 1.807) is 0 Å². The van der Waals surface area contributed by atoms with Gasteiger partial charge in [-0.15, -0.1) is 0 Å². The molecule has 3 rings (SSSR count). The minimum Gasteiger partial charge on any atom is -0.490 e. The summed E-state index contributed by atoms with van der Waals surface area (Å²) in [6.45, 7) is 11.3. The highest BCUT2D eigenvalue weighted by Crippen LogP contribution is 2.28. The number of ether oxygens (including phenoxy) is 2. The van der Waals surface area contributed by atoms with Crippen LogP contribution in [0.25, 0.3) is 0 Å². The Kier molecular flexibility index (Phi) is 8.42. The molecule has 1 aromatic carbocycles. The maximum Gasteiger partial charge on any atom is 0.191 e. The van der Waals surface area contributed by atoms with Crippen molar-refractivity contribution in [1.29, 1.82) is 0 Å². The number of hydrogen-bond acceptors (Lipinski definition) is 4. The van der Waals surface area contributed by atoms with Gasteiger partial charge in [0.05, 0.1) is 25.9 Å². The number of nitrogens with one attached hydrogen (secondary N) is 2. The standard InChI is InChI=1S/C22H36N4O2/c1-3-23-22(24-10-11-26-12-14-27-15-13-26)25-17-19-9-8-18(2)16-21(19)28-20-6-4-5-7-20/h8-9,16,20H,3-7,10-15,17H2,1-2H3,(H2,23,24,25). The first-order valence-corrected chi connectivity index (χ1v) is 10.8. The molecule has 0 spiro atoms. The zero-order valence-electron chi connectivity index (χ0n) is 17.5. The SMILES string of the molecule is CCNC(=NCc1ccc(C)cc1OC1CCCC1)NCCN1CCOCC1. The van der Waals surface area contributed by atoms with Gasteiger partial charge in [0.2, 0.25) is 0 Å². The van der Waals surface area contributed by atoms with Crippen LogP contribution in [-0.2, 0) is 11.3 Å². The molecular formula is C22H36N4O2. The van der Waals surface area contributed by atoms with E-state index in [2.05, 4.69) is 47.6 Å². The first kappa shape index (κ1) is 20.9. The second-order valence-electron chi connectivity index (χ2n) is 7.71. The molecule has 0 radical (unpaired) electrons. The van der Waals surface area contributed by atoms with Crippen LogP contribution in [0.1, 0.15) is 43.7 Å². The molecule has 0 amide bonds. The fourth-order valence-electron chi connectivity index (χ4n) is 3.75. The number of morpholine rings is 1. The third kappa shape index (κ3) is 6.67. The lowest BCUT2D eigenvalue weighted by molar-refractivity contribution is 0.0389. The summed E-state index contributed by atoms with van der Waals surface area (Å²) in [6, 6.07) is 6.45. The minimum atomic E-state index is 0.365. The normalized spacial score (nSPS) is 19.0. The van der Waals surface area contributed by atoms with Crippen molar-refractivity contribution in [3.63, 3.8) is 0 Å². The summed E-state index contributed by atoms with van der Waals surface area (Å²) < 4.78 is 11.7. The lowest BCUT2D eigenvalue weighted by atomic mass is 10.1. The van der Waals surface area contributed by atoms with Gasteiger partial charge in [-0.05, 0) is 51.2 Å². The summed E-state index contributed by atoms with van der Waals surface area (Å²) in [5.74, 6) is 1.86. The van der Waals surface area contributed by atoms with Crippen LogP contribution in [0.2, 0.25) is 0 Å². The summed E-state index contributed by atoms with van der Waals surface area (Å²) >= 11 is 0. The molecule has 1 aliphatic carbocycles. The third-order valence-electron chi connectivity index (χ3n) is 5.39. The lowest BCUT2D eigenvalue weighted by Crippen LogP contribution is -2.44. The molecule has 0 aromatic heterocycles. The Hall–Kier alpha value is -1.79. The van der Waals surface area contributed by atoms with Gasteiger partial charge >= 0.3 is 0 Å². The van der Waals surface area contributed by atoms with Gasteiger partial charge in [-0.25, -0.2) is 4.99 Å². The van der Waals surface area contributed by atoms with Crippen LogP contribution >= 0.6 is 0 Å². The van der Waals surface area contributed by atoms with Crippen molar-refractivity contribution in [2.75, 3.05) is 45.9 Å². The van der Waals surface area contributed by atoms with Crippen LogP contribution in [0.5, 0.6) is 5.75 Å². The molecule has 2 N–H and O–H groups in total. The van der Waals surface area contributed by atoms with Gasteiger partial charge in [0, 0.05) is 38.3 Å². The molecule has 1 aromatic rings. The highest BCUT2D eigenvalue weighted by Gasteiger charge is 2.18. The van der Waals surface area contributed by atoms with E-state index in [-0.39, 0.29) is 0 Å². The van der Waals surface area contributed by atoms with E-state index in [4.69, 9.17) is 14.5 Å². The maximum atomic E-state index is 6.31. The van der Waals surface area contributed by atoms with Crippen molar-refractivity contribution in [2.24, 2.45) is 4.99 Å². The highest BCUT2D eigenvalue weighted by atomic mass is 16.5. The van der Waals surface area contributed by atoms with Gasteiger partial charge in [0.1, 0.15) is 5.75 Å². The van der Waals surface area contributed by atoms with Gasteiger partial charge in [0.25, 0.3) is 0 Å². The van der Waals surface area contributed by atoms with E-state index in [1.807, 2.05) is 0 Å². The Morgan fingerprint density at radius 2 is 2.00 bits per heavy atom. The first-order chi connectivity index (χ1) is 13.7. The smallest absolute Gasteiger partial charge is 0.191 e. The van der Waals surface area contributed by atoms with Crippen LogP contribution < -0.4 is 15.4 Å². The largest absolute Gasteiger partial charge is 0.490 e. The topological polar surface area (TPSA) is 58.1 Å². The highest BCUT2D eigenvalue weighted by molar-refractivity contribution is 5.79. The van der Waals surface area contributed by atoms with Crippen molar-refractivity contribution in [2.45, 2.75) is 52.2 Å². The molecule has 2 fully saturated rings. The summed E-state index contributed by atoms with van der Waals surface area (Å²) in [4.78, 5) is 7.23. The molecule has 156 valence electrons. The van der Waals surface area contributed by atoms with Crippen molar-refractivity contribution < 1.29 is 9.47 Å². The third-order valence-corrected chi connectivity index (χ3v) is 5.39. The summed E-state index contributed by atoms with van der Waals surface area (Å²) in [6.07, 6.45) is 5.26. The summed E-state index contributed by atoms with van der Waals surface area (Å²) in [7, 11) is 0. The molecule has 1 heterocycles. The van der Waals surface area contributed by atoms with Gasteiger partial charge in [-0.2, -0.15) is 0 Å². The second-order valence-corrected chi connectivity index (χ2v) is 7.71. The molecule has 28 heavy (non-hydrogen) atoms. The number of guanidine groups is 1. The number of benzene rings is 1. The number of rotatable bonds is 8. The summed E-state index contributed by atoms with van der Waals surface area (Å²) in [5, 5.41) is 6.81. The maximum absolute atomic E-state index is 6.31. The second kappa shape index (κ2) is 11.3. The molecule has 1 saturated carbocycles. The zero-order valence-corrected chi connectivity index (χ0v) is 17.5. The Morgan fingerprint density at radius 1 is 1.21 bits per heavy atom. The van der Waals surface area contributed by atoms with Gasteiger partial charge in [0.15, 0.2) is 5.96 Å². The summed E-state index contributed by atoms with van der Waals surface area (Å²) in [5.41, 5.74) is 2.39. The van der Waals surface area contributed by atoms with Crippen molar-refractivity contribution in [1.82, 2.24) is 15.5 Å². The monoisotopic (exact) mass is 388 g/mol. The average Bonchev–Trinajstić information content (AvgIpc) is 3.21. The Labute approximate surface area is 169 Å². The number of aliphatic imine (C=N–C) groups is 1.